The van der Waals surface area contributed by atoms with Gasteiger partial charge in [-0.25, -0.2) is 9.59 Å². The average molecular weight is 868 g/mol. The van der Waals surface area contributed by atoms with Crippen molar-refractivity contribution >= 4 is 35.6 Å². The standard InChI is InChI=1S/C48H53NO14/c1-25-33(61-44(58)36(53)35(28-16-10-7-11-17-28)49-42(56)29-18-12-8-13-19-29)23-48(59)41(62-43(57)30-20-14-9-15-21-30)38-46(6,40(55)37(60-26(2)51)34(25)45(48,4)5)39(54)31-22-32(31)47(38,24-50)63-27(3)52/h7-21,31-33,35-39,41,50,53-54,59H,22-24H2,1-6H3,(H,49,56)/t31?,32-,33+,35+,36-,37-,38+,39+,41+,46+,47+,48-/m1/s1. The van der Waals surface area contributed by atoms with Gasteiger partial charge in [0.05, 0.1) is 35.6 Å². The van der Waals surface area contributed by atoms with Gasteiger partial charge in [0.25, 0.3) is 5.91 Å². The van der Waals surface area contributed by atoms with Crippen LogP contribution in [0, 0.1) is 28.6 Å². The first-order valence-electron chi connectivity index (χ1n) is 20.9. The lowest BCUT2D eigenvalue weighted by Crippen LogP contribution is -2.76. The Bertz CT molecular complexity index is 2320. The maximum atomic E-state index is 15.6. The monoisotopic (exact) mass is 867 g/mol. The molecule has 0 heterocycles. The van der Waals surface area contributed by atoms with Crippen LogP contribution >= 0.6 is 0 Å². The maximum Gasteiger partial charge on any atom is 0.338 e. The zero-order chi connectivity index (χ0) is 45.8. The van der Waals surface area contributed by atoms with Crippen molar-refractivity contribution in [2.75, 3.05) is 6.61 Å². The summed E-state index contributed by atoms with van der Waals surface area (Å²) in [4.78, 5) is 83.8. The summed E-state index contributed by atoms with van der Waals surface area (Å²) in [7, 11) is 0. The SMILES string of the molecule is CC(=O)O[C@H]1C(=O)[C@@]2(C)[C@H]([C@H](OC(=O)c3ccccc3)[C@]3(O)C[C@H](OC(=O)[C@H](O)[C@@H](NC(=O)c4ccccc4)c4ccccc4)C(C)=C1C3(C)C)[C@@](CO)(OC(C)=O)[C@@H]1CC1[C@@H]2O. The van der Waals surface area contributed by atoms with E-state index in [0.717, 1.165) is 13.8 Å². The van der Waals surface area contributed by atoms with E-state index in [1.165, 1.54) is 39.8 Å². The normalized spacial score (nSPS) is 32.5. The van der Waals surface area contributed by atoms with Crippen molar-refractivity contribution in [1.82, 2.24) is 5.32 Å². The molecule has 63 heavy (non-hydrogen) atoms. The molecule has 334 valence electrons. The molecule has 0 aromatic heterocycles. The summed E-state index contributed by atoms with van der Waals surface area (Å²) < 4.78 is 24.4. The van der Waals surface area contributed by atoms with E-state index in [2.05, 4.69) is 5.32 Å². The van der Waals surface area contributed by atoms with E-state index in [1.807, 2.05) is 0 Å². The van der Waals surface area contributed by atoms with Crippen LogP contribution in [0.2, 0.25) is 0 Å². The minimum atomic E-state index is -2.46. The lowest BCUT2D eigenvalue weighted by molar-refractivity contribution is -0.271. The fourth-order valence-corrected chi connectivity index (χ4v) is 10.8. The predicted octanol–water partition coefficient (Wildman–Crippen LogP) is 3.58. The van der Waals surface area contributed by atoms with Crippen LogP contribution in [0.15, 0.2) is 102 Å². The predicted molar refractivity (Wildman–Crippen MR) is 222 cm³/mol. The Kier molecular flexibility index (Phi) is 12.0. The van der Waals surface area contributed by atoms with Crippen molar-refractivity contribution in [1.29, 1.82) is 0 Å². The number of carbonyl (C=O) groups is 6. The Morgan fingerprint density at radius 3 is 1.95 bits per heavy atom. The van der Waals surface area contributed by atoms with E-state index < -0.39 is 125 Å². The van der Waals surface area contributed by atoms with E-state index in [-0.39, 0.29) is 28.7 Å². The minimum absolute atomic E-state index is 0.0339. The average Bonchev–Trinajstić information content (AvgIpc) is 4.07. The molecule has 15 heteroatoms. The van der Waals surface area contributed by atoms with Crippen molar-refractivity contribution in [3.8, 4) is 0 Å². The highest BCUT2D eigenvalue weighted by Crippen LogP contribution is 2.69. The number of carbonyl (C=O) groups excluding carboxylic acids is 6. The van der Waals surface area contributed by atoms with E-state index in [9.17, 15) is 44.4 Å². The third-order valence-corrected chi connectivity index (χ3v) is 14.0. The van der Waals surface area contributed by atoms with Crippen molar-refractivity contribution < 1.29 is 68.1 Å². The van der Waals surface area contributed by atoms with E-state index >= 15 is 4.79 Å². The molecule has 0 radical (unpaired) electrons. The summed E-state index contributed by atoms with van der Waals surface area (Å²) >= 11 is 0. The molecule has 4 aliphatic carbocycles. The fourth-order valence-electron chi connectivity index (χ4n) is 10.8. The van der Waals surface area contributed by atoms with Gasteiger partial charge in [0.1, 0.15) is 23.4 Å². The van der Waals surface area contributed by atoms with Crippen LogP contribution in [0.4, 0.5) is 0 Å². The van der Waals surface area contributed by atoms with Gasteiger partial charge in [0, 0.05) is 37.2 Å². The van der Waals surface area contributed by atoms with Crippen LogP contribution in [-0.2, 0) is 38.1 Å². The zero-order valence-corrected chi connectivity index (χ0v) is 35.8. The van der Waals surface area contributed by atoms with Gasteiger partial charge in [0.15, 0.2) is 18.0 Å². The molecule has 5 N–H and O–H groups in total. The number of ketones is 1. The summed E-state index contributed by atoms with van der Waals surface area (Å²) in [5, 5.41) is 51.9. The molecule has 1 amide bonds. The molecule has 2 bridgehead atoms. The Balaban J connectivity index is 1.40. The van der Waals surface area contributed by atoms with Gasteiger partial charge in [-0.2, -0.15) is 0 Å². The van der Waals surface area contributed by atoms with Crippen LogP contribution in [0.3, 0.4) is 0 Å². The van der Waals surface area contributed by atoms with Gasteiger partial charge in [-0.1, -0.05) is 80.6 Å². The molecule has 0 spiro atoms. The molecule has 0 saturated heterocycles. The first-order chi connectivity index (χ1) is 29.7. The van der Waals surface area contributed by atoms with Crippen molar-refractivity contribution in [3.63, 3.8) is 0 Å². The summed E-state index contributed by atoms with van der Waals surface area (Å²) in [6.45, 7) is 7.18. The topological polar surface area (TPSA) is 232 Å². The molecule has 0 aliphatic heterocycles. The smallest absolute Gasteiger partial charge is 0.338 e. The first kappa shape index (κ1) is 45.3. The Morgan fingerprint density at radius 2 is 1.40 bits per heavy atom. The molecule has 1 unspecified atom stereocenters. The Labute approximate surface area is 364 Å². The maximum absolute atomic E-state index is 15.6. The molecular weight excluding hydrogens is 815 g/mol. The Morgan fingerprint density at radius 1 is 0.825 bits per heavy atom. The second-order valence-electron chi connectivity index (χ2n) is 17.9. The number of aliphatic hydroxyl groups excluding tert-OH is 3. The van der Waals surface area contributed by atoms with Gasteiger partial charge in [-0.15, -0.1) is 0 Å². The highest BCUT2D eigenvalue weighted by molar-refractivity contribution is 5.96. The summed E-state index contributed by atoms with van der Waals surface area (Å²) in [6.07, 6.45) is -9.33. The molecule has 3 fully saturated rings. The van der Waals surface area contributed by atoms with Crippen molar-refractivity contribution in [2.24, 2.45) is 28.6 Å². The van der Waals surface area contributed by atoms with Crippen LogP contribution in [0.5, 0.6) is 0 Å². The third-order valence-electron chi connectivity index (χ3n) is 14.0. The summed E-state index contributed by atoms with van der Waals surface area (Å²) in [5.41, 5.74) is -7.64. The van der Waals surface area contributed by atoms with Gasteiger partial charge < -0.3 is 44.7 Å². The second-order valence-corrected chi connectivity index (χ2v) is 17.9. The summed E-state index contributed by atoms with van der Waals surface area (Å²) in [6, 6.07) is 22.7. The van der Waals surface area contributed by atoms with Crippen molar-refractivity contribution in [2.45, 2.75) is 102 Å². The molecule has 7 rings (SSSR count). The lowest BCUT2D eigenvalue weighted by Gasteiger charge is -2.63. The first-order valence-corrected chi connectivity index (χ1v) is 20.9. The molecule has 3 aromatic rings. The van der Waals surface area contributed by atoms with Crippen LogP contribution in [0.25, 0.3) is 0 Å². The molecule has 15 nitrogen and oxygen atoms in total. The molecular formula is C48H53NO14. The van der Waals surface area contributed by atoms with Gasteiger partial charge >= 0.3 is 23.9 Å². The number of rotatable bonds is 11. The lowest BCUT2D eigenvalue weighted by atomic mass is 9.45. The van der Waals surface area contributed by atoms with E-state index in [4.69, 9.17) is 18.9 Å². The molecule has 4 aliphatic rings. The number of amides is 1. The number of ether oxygens (including phenoxy) is 4. The highest BCUT2D eigenvalue weighted by atomic mass is 16.6. The van der Waals surface area contributed by atoms with E-state index in [1.54, 1.807) is 78.9 Å². The number of esters is 4. The Hall–Kier alpha value is -5.74. The molecule has 3 saturated carbocycles. The van der Waals surface area contributed by atoms with Crippen molar-refractivity contribution in [3.05, 3.63) is 119 Å². The number of benzene rings is 3. The third kappa shape index (κ3) is 7.54. The number of aliphatic hydroxyl groups is 4. The quantitative estimate of drug-likeness (QED) is 0.105. The number of nitrogens with one attached hydrogen (secondary N) is 1. The number of hydrogen-bond donors (Lipinski definition) is 5. The minimum Gasteiger partial charge on any atom is -0.456 e. The fraction of sp³-hybridized carbons (Fsp3) is 0.458. The largest absolute Gasteiger partial charge is 0.456 e. The molecule has 3 aromatic carbocycles. The highest BCUT2D eigenvalue weighted by Gasteiger charge is 2.80. The molecule has 12 atom stereocenters. The number of fused-ring (bicyclic) bond motifs is 4. The zero-order valence-electron chi connectivity index (χ0n) is 35.8. The summed E-state index contributed by atoms with van der Waals surface area (Å²) in [5.74, 6) is -8.70. The van der Waals surface area contributed by atoms with Gasteiger partial charge in [0.2, 0.25) is 0 Å². The van der Waals surface area contributed by atoms with Crippen LogP contribution < -0.4 is 5.32 Å². The van der Waals surface area contributed by atoms with Gasteiger partial charge in [-0.05, 0) is 67.2 Å². The number of Topliss-reactive ketones (excluding diaryl/α,β-unsaturated/α-hetero) is 1. The van der Waals surface area contributed by atoms with Gasteiger partial charge in [-0.3, -0.25) is 19.2 Å². The van der Waals surface area contributed by atoms with E-state index in [0.29, 0.717) is 5.56 Å². The second kappa shape index (κ2) is 16.8. The van der Waals surface area contributed by atoms with Crippen LogP contribution in [-0.4, -0.2) is 104 Å². The van der Waals surface area contributed by atoms with Crippen LogP contribution in [0.1, 0.15) is 86.7 Å². The number of hydrogen-bond acceptors (Lipinski definition) is 14.